The van der Waals surface area contributed by atoms with E-state index in [-0.39, 0.29) is 11.3 Å². The number of aliphatic imine (C=N–C) groups is 1. The summed E-state index contributed by atoms with van der Waals surface area (Å²) in [6, 6.07) is 13.5. The van der Waals surface area contributed by atoms with Crippen LogP contribution in [0.15, 0.2) is 59.7 Å². The van der Waals surface area contributed by atoms with Crippen molar-refractivity contribution in [1.82, 2.24) is 4.98 Å². The largest absolute Gasteiger partial charge is 0.502 e. The molecule has 0 spiro atoms. The maximum atomic E-state index is 10.8. The molecule has 0 saturated heterocycles. The van der Waals surface area contributed by atoms with Crippen LogP contribution in [0.2, 0.25) is 0 Å². The number of rotatable bonds is 3. The molecule has 108 valence electrons. The first kappa shape index (κ1) is 13.7. The van der Waals surface area contributed by atoms with E-state index in [4.69, 9.17) is 0 Å². The highest BCUT2D eigenvalue weighted by atomic mass is 16.6. The van der Waals surface area contributed by atoms with Gasteiger partial charge in [0, 0.05) is 29.4 Å². The molecule has 6 nitrogen and oxygen atoms in total. The average molecular weight is 293 g/mol. The third-order valence-corrected chi connectivity index (χ3v) is 3.21. The molecule has 0 bridgehead atoms. The standard InChI is InChI=1S/C16H11N3O3/c20-16-11(4-1-8-15(16)19(21)22)10-18-14-7-2-6-13-12(14)5-3-9-17-13/h1-10,20H. The van der Waals surface area contributed by atoms with Gasteiger partial charge in [0.2, 0.25) is 5.75 Å². The third kappa shape index (κ3) is 2.49. The monoisotopic (exact) mass is 293 g/mol. The number of aromatic hydroxyl groups is 1. The van der Waals surface area contributed by atoms with Crippen molar-refractivity contribution in [3.05, 3.63) is 70.4 Å². The number of nitrogens with zero attached hydrogens (tertiary/aromatic N) is 3. The van der Waals surface area contributed by atoms with Crippen LogP contribution < -0.4 is 0 Å². The van der Waals surface area contributed by atoms with Gasteiger partial charge in [-0.2, -0.15) is 0 Å². The van der Waals surface area contributed by atoms with Gasteiger partial charge in [-0.05, 0) is 30.3 Å². The summed E-state index contributed by atoms with van der Waals surface area (Å²) in [5.41, 5.74) is 1.43. The minimum Gasteiger partial charge on any atom is -0.502 e. The Hall–Kier alpha value is -3.28. The summed E-state index contributed by atoms with van der Waals surface area (Å²) >= 11 is 0. The molecule has 0 aliphatic carbocycles. The van der Waals surface area contributed by atoms with E-state index in [1.54, 1.807) is 12.3 Å². The highest BCUT2D eigenvalue weighted by molar-refractivity contribution is 5.94. The summed E-state index contributed by atoms with van der Waals surface area (Å²) in [5.74, 6) is -0.394. The smallest absolute Gasteiger partial charge is 0.311 e. The molecule has 0 atom stereocenters. The van der Waals surface area contributed by atoms with Crippen LogP contribution in [-0.4, -0.2) is 21.2 Å². The number of benzene rings is 2. The van der Waals surface area contributed by atoms with E-state index in [2.05, 4.69) is 9.98 Å². The van der Waals surface area contributed by atoms with Crippen LogP contribution in [0.25, 0.3) is 10.9 Å². The second-order valence-electron chi connectivity index (χ2n) is 4.58. The van der Waals surface area contributed by atoms with E-state index in [9.17, 15) is 15.2 Å². The number of nitro groups is 1. The van der Waals surface area contributed by atoms with Crippen molar-refractivity contribution < 1.29 is 10.0 Å². The van der Waals surface area contributed by atoms with Gasteiger partial charge in [-0.15, -0.1) is 0 Å². The molecule has 0 radical (unpaired) electrons. The van der Waals surface area contributed by atoms with E-state index in [1.165, 1.54) is 18.3 Å². The fraction of sp³-hybridized carbons (Fsp3) is 0. The lowest BCUT2D eigenvalue weighted by molar-refractivity contribution is -0.385. The Morgan fingerprint density at radius 1 is 1.14 bits per heavy atom. The Morgan fingerprint density at radius 2 is 1.95 bits per heavy atom. The number of nitro benzene ring substituents is 1. The Balaban J connectivity index is 2.04. The summed E-state index contributed by atoms with van der Waals surface area (Å²) in [6.07, 6.45) is 3.10. The summed E-state index contributed by atoms with van der Waals surface area (Å²) < 4.78 is 0. The van der Waals surface area contributed by atoms with Crippen LogP contribution in [0, 0.1) is 10.1 Å². The van der Waals surface area contributed by atoms with Gasteiger partial charge in [-0.1, -0.05) is 12.1 Å². The van der Waals surface area contributed by atoms with Crippen molar-refractivity contribution in [1.29, 1.82) is 0 Å². The van der Waals surface area contributed by atoms with Crippen molar-refractivity contribution in [2.24, 2.45) is 4.99 Å². The third-order valence-electron chi connectivity index (χ3n) is 3.21. The molecule has 3 rings (SSSR count). The zero-order valence-electron chi connectivity index (χ0n) is 11.4. The van der Waals surface area contributed by atoms with Gasteiger partial charge < -0.3 is 5.11 Å². The Morgan fingerprint density at radius 3 is 2.77 bits per heavy atom. The van der Waals surface area contributed by atoms with Gasteiger partial charge in [0.05, 0.1) is 16.1 Å². The predicted molar refractivity (Wildman–Crippen MR) is 83.8 cm³/mol. The summed E-state index contributed by atoms with van der Waals surface area (Å²) in [7, 11) is 0. The summed E-state index contributed by atoms with van der Waals surface area (Å²) in [6.45, 7) is 0. The van der Waals surface area contributed by atoms with Crippen LogP contribution in [0.3, 0.4) is 0 Å². The van der Waals surface area contributed by atoms with Crippen LogP contribution in [-0.2, 0) is 0 Å². The number of aromatic nitrogens is 1. The maximum Gasteiger partial charge on any atom is 0.311 e. The maximum absolute atomic E-state index is 10.8. The van der Waals surface area contributed by atoms with Crippen LogP contribution in [0.4, 0.5) is 11.4 Å². The van der Waals surface area contributed by atoms with E-state index in [0.29, 0.717) is 5.69 Å². The molecule has 0 saturated carbocycles. The molecule has 6 heteroatoms. The average Bonchev–Trinajstić information content (AvgIpc) is 2.53. The molecule has 0 amide bonds. The van der Waals surface area contributed by atoms with Crippen LogP contribution in [0.5, 0.6) is 5.75 Å². The molecule has 1 aromatic heterocycles. The Kier molecular flexibility index (Phi) is 3.49. The molecular formula is C16H11N3O3. The molecule has 2 aromatic carbocycles. The lowest BCUT2D eigenvalue weighted by Crippen LogP contribution is -1.91. The van der Waals surface area contributed by atoms with E-state index >= 15 is 0 Å². The topological polar surface area (TPSA) is 88.6 Å². The first-order valence-corrected chi connectivity index (χ1v) is 6.51. The van der Waals surface area contributed by atoms with Crippen molar-refractivity contribution in [2.75, 3.05) is 0 Å². The number of fused-ring (bicyclic) bond motifs is 1. The highest BCUT2D eigenvalue weighted by Crippen LogP contribution is 2.29. The number of phenols is 1. The molecule has 3 aromatic rings. The fourth-order valence-electron chi connectivity index (χ4n) is 2.14. The van der Waals surface area contributed by atoms with Crippen molar-refractivity contribution >= 4 is 28.5 Å². The quantitative estimate of drug-likeness (QED) is 0.454. The van der Waals surface area contributed by atoms with Gasteiger partial charge in [0.15, 0.2) is 0 Å². The van der Waals surface area contributed by atoms with Crippen molar-refractivity contribution in [2.45, 2.75) is 0 Å². The van der Waals surface area contributed by atoms with Gasteiger partial charge >= 0.3 is 5.69 Å². The first-order chi connectivity index (χ1) is 10.7. The van der Waals surface area contributed by atoms with E-state index in [0.717, 1.165) is 10.9 Å². The minimum absolute atomic E-state index is 0.287. The second-order valence-corrected chi connectivity index (χ2v) is 4.58. The predicted octanol–water partition coefficient (Wildman–Crippen LogP) is 3.60. The Bertz CT molecular complexity index is 885. The van der Waals surface area contributed by atoms with Crippen LogP contribution >= 0.6 is 0 Å². The van der Waals surface area contributed by atoms with Gasteiger partial charge in [0.1, 0.15) is 0 Å². The molecule has 1 N–H and O–H groups in total. The molecule has 0 aliphatic heterocycles. The summed E-state index contributed by atoms with van der Waals surface area (Å²) in [5, 5.41) is 21.6. The van der Waals surface area contributed by atoms with Gasteiger partial charge in [-0.3, -0.25) is 20.1 Å². The number of pyridine rings is 1. The Labute approximate surface area is 125 Å². The van der Waals surface area contributed by atoms with E-state index in [1.807, 2.05) is 30.3 Å². The fourth-order valence-corrected chi connectivity index (χ4v) is 2.14. The van der Waals surface area contributed by atoms with Gasteiger partial charge in [-0.25, -0.2) is 0 Å². The second kappa shape index (κ2) is 5.61. The van der Waals surface area contributed by atoms with Gasteiger partial charge in [0.25, 0.3) is 0 Å². The number of para-hydroxylation sites is 1. The summed E-state index contributed by atoms with van der Waals surface area (Å²) in [4.78, 5) is 18.7. The molecule has 0 fully saturated rings. The zero-order valence-corrected chi connectivity index (χ0v) is 11.4. The number of hydrogen-bond acceptors (Lipinski definition) is 5. The lowest BCUT2D eigenvalue weighted by atomic mass is 10.1. The highest BCUT2D eigenvalue weighted by Gasteiger charge is 2.15. The normalized spacial score (nSPS) is 11.1. The van der Waals surface area contributed by atoms with E-state index < -0.39 is 10.7 Å². The number of phenolic OH excluding ortho intramolecular Hbond substituents is 1. The van der Waals surface area contributed by atoms with Crippen molar-refractivity contribution in [3.63, 3.8) is 0 Å². The number of hydrogen-bond donors (Lipinski definition) is 1. The van der Waals surface area contributed by atoms with Crippen molar-refractivity contribution in [3.8, 4) is 5.75 Å². The van der Waals surface area contributed by atoms with Crippen LogP contribution in [0.1, 0.15) is 5.56 Å². The molecule has 22 heavy (non-hydrogen) atoms. The minimum atomic E-state index is -0.630. The lowest BCUT2D eigenvalue weighted by Gasteiger charge is -2.02. The zero-order chi connectivity index (χ0) is 15.5. The first-order valence-electron chi connectivity index (χ1n) is 6.51. The molecule has 0 unspecified atom stereocenters. The molecule has 1 heterocycles. The SMILES string of the molecule is O=[N+]([O-])c1cccc(C=Nc2cccc3ncccc23)c1O. The molecule has 0 aliphatic rings. The molecular weight excluding hydrogens is 282 g/mol.